The van der Waals surface area contributed by atoms with E-state index in [4.69, 9.17) is 0 Å². The van der Waals surface area contributed by atoms with E-state index in [2.05, 4.69) is 16.0 Å². The number of aromatic nitrogens is 3. The van der Waals surface area contributed by atoms with E-state index in [1.807, 2.05) is 53.2 Å². The number of nitriles is 1. The predicted molar refractivity (Wildman–Crippen MR) is 95.3 cm³/mol. The van der Waals surface area contributed by atoms with Gasteiger partial charge in [0.15, 0.2) is 0 Å². The van der Waals surface area contributed by atoms with Crippen molar-refractivity contribution in [2.45, 2.75) is 0 Å². The van der Waals surface area contributed by atoms with Gasteiger partial charge in [0.1, 0.15) is 17.7 Å². The van der Waals surface area contributed by atoms with Gasteiger partial charge < -0.3 is 9.55 Å². The van der Waals surface area contributed by atoms with E-state index in [0.717, 1.165) is 11.4 Å². The van der Waals surface area contributed by atoms with E-state index in [0.29, 0.717) is 22.4 Å². The van der Waals surface area contributed by atoms with Gasteiger partial charge in [0, 0.05) is 17.6 Å². The monoisotopic (exact) mass is 328 g/mol. The molecule has 4 aromatic rings. The van der Waals surface area contributed by atoms with Crippen LogP contribution in [-0.4, -0.2) is 14.5 Å². The summed E-state index contributed by atoms with van der Waals surface area (Å²) in [5.74, 6) is 0.0760. The number of nitrogens with one attached hydrogen (secondary N) is 1. The first-order valence-electron chi connectivity index (χ1n) is 7.75. The molecule has 0 aliphatic carbocycles. The van der Waals surface area contributed by atoms with E-state index in [-0.39, 0.29) is 5.82 Å². The Morgan fingerprint density at radius 3 is 2.76 bits per heavy atom. The van der Waals surface area contributed by atoms with E-state index in [9.17, 15) is 9.65 Å². The summed E-state index contributed by atoms with van der Waals surface area (Å²) >= 11 is 0. The summed E-state index contributed by atoms with van der Waals surface area (Å²) in [6.07, 6.45) is 3.70. The smallest absolute Gasteiger partial charge is 0.149 e. The summed E-state index contributed by atoms with van der Waals surface area (Å²) in [5, 5.41) is 9.56. The van der Waals surface area contributed by atoms with Gasteiger partial charge in [0.05, 0.1) is 16.6 Å². The molecule has 0 radical (unpaired) electrons. The molecule has 0 spiro atoms. The molecule has 4 rings (SSSR count). The minimum absolute atomic E-state index is 0.344. The molecule has 5 heteroatoms. The maximum atomic E-state index is 13.3. The zero-order valence-corrected chi connectivity index (χ0v) is 13.1. The molecule has 1 N–H and O–H groups in total. The number of hydrogen-bond donors (Lipinski definition) is 1. The molecule has 0 amide bonds. The lowest BCUT2D eigenvalue weighted by molar-refractivity contribution is 0.629. The van der Waals surface area contributed by atoms with Crippen molar-refractivity contribution in [3.63, 3.8) is 0 Å². The number of rotatable bonds is 3. The van der Waals surface area contributed by atoms with Crippen LogP contribution in [0.25, 0.3) is 28.4 Å². The Morgan fingerprint density at radius 2 is 1.96 bits per heavy atom. The first kappa shape index (κ1) is 14.9. The second-order valence-electron chi connectivity index (χ2n) is 5.56. The zero-order valence-electron chi connectivity index (χ0n) is 13.1. The normalized spacial score (nSPS) is 11.6. The Morgan fingerprint density at radius 1 is 1.12 bits per heavy atom. The van der Waals surface area contributed by atoms with Gasteiger partial charge in [-0.25, -0.2) is 9.37 Å². The lowest BCUT2D eigenvalue weighted by atomic mass is 10.2. The number of hydrogen-bond acceptors (Lipinski definition) is 2. The molecule has 0 saturated carbocycles. The first-order valence-corrected chi connectivity index (χ1v) is 7.75. The van der Waals surface area contributed by atoms with Gasteiger partial charge in [-0.05, 0) is 48.5 Å². The number of benzene rings is 2. The Hall–Kier alpha value is -3.65. The van der Waals surface area contributed by atoms with Crippen LogP contribution in [0.4, 0.5) is 4.39 Å². The van der Waals surface area contributed by atoms with Gasteiger partial charge in [-0.2, -0.15) is 5.26 Å². The van der Waals surface area contributed by atoms with Crippen molar-refractivity contribution in [1.82, 2.24) is 14.5 Å². The molecule has 0 aliphatic heterocycles. The van der Waals surface area contributed by atoms with Crippen LogP contribution >= 0.6 is 0 Å². The number of nitrogens with zero attached hydrogens (tertiary/aromatic N) is 3. The highest BCUT2D eigenvalue weighted by molar-refractivity contribution is 5.90. The van der Waals surface area contributed by atoms with Crippen molar-refractivity contribution in [1.29, 1.82) is 5.26 Å². The van der Waals surface area contributed by atoms with E-state index in [1.165, 1.54) is 12.1 Å². The zero-order chi connectivity index (χ0) is 17.2. The van der Waals surface area contributed by atoms with Crippen LogP contribution in [0, 0.1) is 17.1 Å². The highest BCUT2D eigenvalue weighted by atomic mass is 19.1. The van der Waals surface area contributed by atoms with Crippen LogP contribution in [0.15, 0.2) is 66.9 Å². The molecule has 2 aromatic heterocycles. The largest absolute Gasteiger partial charge is 0.337 e. The summed E-state index contributed by atoms with van der Waals surface area (Å²) < 4.78 is 15.3. The van der Waals surface area contributed by atoms with Crippen LogP contribution in [0.5, 0.6) is 0 Å². The maximum Gasteiger partial charge on any atom is 0.149 e. The lowest BCUT2D eigenvalue weighted by Crippen LogP contribution is -1.95. The van der Waals surface area contributed by atoms with Crippen LogP contribution in [0.3, 0.4) is 0 Å². The minimum Gasteiger partial charge on any atom is -0.337 e. The van der Waals surface area contributed by atoms with Crippen molar-refractivity contribution >= 4 is 22.7 Å². The molecular formula is C20H13FN4. The van der Waals surface area contributed by atoms with E-state index >= 15 is 0 Å². The second-order valence-corrected chi connectivity index (χ2v) is 5.56. The molecule has 25 heavy (non-hydrogen) atoms. The molecule has 0 unspecified atom stereocenters. The summed E-state index contributed by atoms with van der Waals surface area (Å²) in [7, 11) is 0. The van der Waals surface area contributed by atoms with Crippen molar-refractivity contribution in [2.24, 2.45) is 0 Å². The van der Waals surface area contributed by atoms with Crippen molar-refractivity contribution < 1.29 is 4.39 Å². The van der Waals surface area contributed by atoms with Gasteiger partial charge >= 0.3 is 0 Å². The fourth-order valence-electron chi connectivity index (χ4n) is 2.75. The third-order valence-electron chi connectivity index (χ3n) is 3.93. The van der Waals surface area contributed by atoms with Crippen molar-refractivity contribution in [2.75, 3.05) is 0 Å². The average Bonchev–Trinajstić information content (AvgIpc) is 3.26. The Kier molecular flexibility index (Phi) is 3.64. The third-order valence-corrected chi connectivity index (χ3v) is 3.93. The van der Waals surface area contributed by atoms with E-state index < -0.39 is 0 Å². The average molecular weight is 328 g/mol. The summed E-state index contributed by atoms with van der Waals surface area (Å²) in [4.78, 5) is 7.39. The van der Waals surface area contributed by atoms with Gasteiger partial charge in [0.2, 0.25) is 0 Å². The van der Waals surface area contributed by atoms with E-state index in [1.54, 1.807) is 12.1 Å². The molecule has 4 nitrogen and oxygen atoms in total. The molecule has 0 aliphatic rings. The fraction of sp³-hybridized carbons (Fsp3) is 0. The minimum atomic E-state index is -0.344. The number of fused-ring (bicyclic) bond motifs is 1. The number of para-hydroxylation sites is 1. The molecule has 0 saturated heterocycles. The summed E-state index contributed by atoms with van der Waals surface area (Å²) in [5.41, 5.74) is 3.43. The standard InChI is InChI=1S/C20H13FN4/c21-15-8-9-18-19(12-15)24-20(23-18)14(13-22)11-17-7-4-10-25(17)16-5-2-1-3-6-16/h1-12H,(H,23,24)/b14-11-. The van der Waals surface area contributed by atoms with Crippen LogP contribution in [0.2, 0.25) is 0 Å². The van der Waals surface area contributed by atoms with Gasteiger partial charge in [0.25, 0.3) is 0 Å². The fourth-order valence-corrected chi connectivity index (χ4v) is 2.75. The number of aromatic amines is 1. The van der Waals surface area contributed by atoms with Gasteiger partial charge in [-0.15, -0.1) is 0 Å². The van der Waals surface area contributed by atoms with Crippen LogP contribution < -0.4 is 0 Å². The quantitative estimate of drug-likeness (QED) is 0.561. The topological polar surface area (TPSA) is 57.4 Å². The Bertz CT molecular complexity index is 1110. The van der Waals surface area contributed by atoms with Gasteiger partial charge in [-0.3, -0.25) is 0 Å². The van der Waals surface area contributed by atoms with Crippen molar-refractivity contribution in [3.05, 3.63) is 84.2 Å². The number of halogens is 1. The summed E-state index contributed by atoms with van der Waals surface area (Å²) in [6.45, 7) is 0. The van der Waals surface area contributed by atoms with Crippen molar-refractivity contribution in [3.8, 4) is 11.8 Å². The molecule has 0 fully saturated rings. The Labute approximate surface area is 143 Å². The highest BCUT2D eigenvalue weighted by Gasteiger charge is 2.10. The number of allylic oxidation sites excluding steroid dienone is 1. The Balaban J connectivity index is 1.79. The SMILES string of the molecule is N#C/C(=C/c1cccn1-c1ccccc1)c1nc2ccc(F)cc2[nH]1. The number of H-pyrrole nitrogens is 1. The van der Waals surface area contributed by atoms with Crippen LogP contribution in [-0.2, 0) is 0 Å². The lowest BCUT2D eigenvalue weighted by Gasteiger charge is -2.06. The highest BCUT2D eigenvalue weighted by Crippen LogP contribution is 2.21. The summed E-state index contributed by atoms with van der Waals surface area (Å²) in [6, 6.07) is 20.2. The molecule has 0 atom stereocenters. The molecular weight excluding hydrogens is 315 g/mol. The maximum absolute atomic E-state index is 13.3. The second kappa shape index (κ2) is 6.10. The molecule has 120 valence electrons. The predicted octanol–water partition coefficient (Wildman–Crippen LogP) is 4.56. The number of imidazole rings is 1. The van der Waals surface area contributed by atoms with Gasteiger partial charge in [-0.1, -0.05) is 18.2 Å². The van der Waals surface area contributed by atoms with Crippen LogP contribution in [0.1, 0.15) is 11.5 Å². The first-order chi connectivity index (χ1) is 12.2. The molecule has 0 bridgehead atoms. The molecule has 2 aromatic carbocycles. The molecule has 2 heterocycles. The third kappa shape index (κ3) is 2.81.